The molecule has 0 aromatic heterocycles. The Balaban J connectivity index is 1.97. The van der Waals surface area contributed by atoms with Crippen LogP contribution in [0.25, 0.3) is 0 Å². The summed E-state index contributed by atoms with van der Waals surface area (Å²) in [6.07, 6.45) is 2.25. The molecule has 0 amide bonds. The lowest BCUT2D eigenvalue weighted by Crippen LogP contribution is -2.29. The normalized spacial score (nSPS) is 19.5. The predicted molar refractivity (Wildman–Crippen MR) is 62.1 cm³/mol. The predicted octanol–water partition coefficient (Wildman–Crippen LogP) is 2.10. The number of aromatic hydroxyl groups is 1. The van der Waals surface area contributed by atoms with E-state index < -0.39 is 0 Å². The Morgan fingerprint density at radius 2 is 2.07 bits per heavy atom. The van der Waals surface area contributed by atoms with E-state index in [1.165, 1.54) is 11.1 Å². The maximum atomic E-state index is 9.39. The van der Waals surface area contributed by atoms with Gasteiger partial charge in [-0.2, -0.15) is 0 Å². The van der Waals surface area contributed by atoms with Crippen LogP contribution in [0.1, 0.15) is 25.0 Å². The SMILES string of the molecule is CC(C)NCC1Cc2ccc(O)cc2C1. The first kappa shape index (κ1) is 10.5. The van der Waals surface area contributed by atoms with Crippen LogP contribution in [0.15, 0.2) is 18.2 Å². The van der Waals surface area contributed by atoms with Crippen molar-refractivity contribution in [3.63, 3.8) is 0 Å². The summed E-state index contributed by atoms with van der Waals surface area (Å²) < 4.78 is 0. The molecule has 1 atom stereocenters. The molecule has 2 heteroatoms. The van der Waals surface area contributed by atoms with Crippen molar-refractivity contribution < 1.29 is 5.11 Å². The molecule has 0 aliphatic heterocycles. The number of phenols is 1. The minimum atomic E-state index is 0.395. The highest BCUT2D eigenvalue weighted by molar-refractivity contribution is 5.38. The number of phenolic OH excluding ortho intramolecular Hbond substituents is 1. The molecule has 2 nitrogen and oxygen atoms in total. The van der Waals surface area contributed by atoms with E-state index in [0.29, 0.717) is 17.7 Å². The third kappa shape index (κ3) is 2.51. The van der Waals surface area contributed by atoms with Gasteiger partial charge in [-0.15, -0.1) is 0 Å². The Kier molecular flexibility index (Phi) is 2.96. The van der Waals surface area contributed by atoms with Crippen molar-refractivity contribution in [2.45, 2.75) is 32.7 Å². The zero-order valence-electron chi connectivity index (χ0n) is 9.46. The first-order valence-electron chi connectivity index (χ1n) is 5.69. The molecule has 1 aromatic carbocycles. The third-order valence-electron chi connectivity index (χ3n) is 3.02. The van der Waals surface area contributed by atoms with E-state index in [2.05, 4.69) is 25.2 Å². The lowest BCUT2D eigenvalue weighted by Gasteiger charge is -2.12. The Labute approximate surface area is 91.3 Å². The Hall–Kier alpha value is -1.02. The van der Waals surface area contributed by atoms with Crippen molar-refractivity contribution in [3.05, 3.63) is 29.3 Å². The number of benzene rings is 1. The average Bonchev–Trinajstić information content (AvgIpc) is 2.56. The minimum Gasteiger partial charge on any atom is -0.508 e. The van der Waals surface area contributed by atoms with Crippen LogP contribution in [0.3, 0.4) is 0 Å². The molecule has 1 aliphatic rings. The van der Waals surface area contributed by atoms with Gasteiger partial charge in [-0.05, 0) is 48.6 Å². The van der Waals surface area contributed by atoms with Gasteiger partial charge in [0, 0.05) is 6.04 Å². The van der Waals surface area contributed by atoms with Crippen LogP contribution in [0.2, 0.25) is 0 Å². The summed E-state index contributed by atoms with van der Waals surface area (Å²) in [5.41, 5.74) is 2.73. The first-order valence-corrected chi connectivity index (χ1v) is 5.69. The zero-order chi connectivity index (χ0) is 10.8. The van der Waals surface area contributed by atoms with Gasteiger partial charge in [-0.3, -0.25) is 0 Å². The molecular weight excluding hydrogens is 186 g/mol. The molecule has 2 N–H and O–H groups in total. The van der Waals surface area contributed by atoms with E-state index in [-0.39, 0.29) is 0 Å². The average molecular weight is 205 g/mol. The van der Waals surface area contributed by atoms with E-state index in [0.717, 1.165) is 19.4 Å². The Morgan fingerprint density at radius 1 is 1.33 bits per heavy atom. The van der Waals surface area contributed by atoms with Crippen LogP contribution in [0.4, 0.5) is 0 Å². The molecule has 15 heavy (non-hydrogen) atoms. The van der Waals surface area contributed by atoms with Crippen LogP contribution >= 0.6 is 0 Å². The molecule has 0 bridgehead atoms. The fourth-order valence-electron chi connectivity index (χ4n) is 2.24. The van der Waals surface area contributed by atoms with Gasteiger partial charge in [0.1, 0.15) is 5.75 Å². The van der Waals surface area contributed by atoms with Crippen molar-refractivity contribution in [2.75, 3.05) is 6.54 Å². The molecule has 0 fully saturated rings. The maximum Gasteiger partial charge on any atom is 0.115 e. The van der Waals surface area contributed by atoms with Gasteiger partial charge in [0.05, 0.1) is 0 Å². The van der Waals surface area contributed by atoms with Crippen LogP contribution in [0, 0.1) is 5.92 Å². The topological polar surface area (TPSA) is 32.3 Å². The summed E-state index contributed by atoms with van der Waals surface area (Å²) in [4.78, 5) is 0. The molecule has 0 heterocycles. The molecule has 0 radical (unpaired) electrons. The van der Waals surface area contributed by atoms with E-state index in [9.17, 15) is 5.11 Å². The van der Waals surface area contributed by atoms with Gasteiger partial charge in [-0.1, -0.05) is 19.9 Å². The summed E-state index contributed by atoms with van der Waals surface area (Å²) >= 11 is 0. The maximum absolute atomic E-state index is 9.39. The summed E-state index contributed by atoms with van der Waals surface area (Å²) in [6, 6.07) is 6.31. The lowest BCUT2D eigenvalue weighted by atomic mass is 10.1. The van der Waals surface area contributed by atoms with Crippen LogP contribution < -0.4 is 5.32 Å². The van der Waals surface area contributed by atoms with Crippen molar-refractivity contribution in [1.29, 1.82) is 0 Å². The summed E-state index contributed by atoms with van der Waals surface area (Å²) in [5.74, 6) is 1.09. The van der Waals surface area contributed by atoms with Crippen molar-refractivity contribution in [1.82, 2.24) is 5.32 Å². The number of nitrogens with one attached hydrogen (secondary N) is 1. The monoisotopic (exact) mass is 205 g/mol. The summed E-state index contributed by atoms with van der Waals surface area (Å²) in [6.45, 7) is 5.43. The van der Waals surface area contributed by atoms with Crippen molar-refractivity contribution in [2.24, 2.45) is 5.92 Å². The first-order chi connectivity index (χ1) is 7.15. The standard InChI is InChI=1S/C13H19NO/c1-9(2)14-8-10-5-11-3-4-13(15)7-12(11)6-10/h3-4,7,9-10,14-15H,5-6,8H2,1-2H3. The third-order valence-corrected chi connectivity index (χ3v) is 3.02. The van der Waals surface area contributed by atoms with Gasteiger partial charge in [0.2, 0.25) is 0 Å². The van der Waals surface area contributed by atoms with E-state index in [4.69, 9.17) is 0 Å². The van der Waals surface area contributed by atoms with E-state index >= 15 is 0 Å². The summed E-state index contributed by atoms with van der Waals surface area (Å²) in [5, 5.41) is 12.9. The fraction of sp³-hybridized carbons (Fsp3) is 0.538. The lowest BCUT2D eigenvalue weighted by molar-refractivity contribution is 0.464. The number of fused-ring (bicyclic) bond motifs is 1. The van der Waals surface area contributed by atoms with Gasteiger partial charge in [0.15, 0.2) is 0 Å². The molecule has 82 valence electrons. The Morgan fingerprint density at radius 3 is 2.80 bits per heavy atom. The second-order valence-corrected chi connectivity index (χ2v) is 4.79. The quantitative estimate of drug-likeness (QED) is 0.792. The minimum absolute atomic E-state index is 0.395. The molecular formula is C13H19NO. The van der Waals surface area contributed by atoms with Crippen molar-refractivity contribution in [3.8, 4) is 5.75 Å². The molecule has 0 saturated heterocycles. The second-order valence-electron chi connectivity index (χ2n) is 4.79. The van der Waals surface area contributed by atoms with Gasteiger partial charge in [-0.25, -0.2) is 0 Å². The number of rotatable bonds is 3. The van der Waals surface area contributed by atoms with Crippen molar-refractivity contribution >= 4 is 0 Å². The molecule has 0 saturated carbocycles. The fourth-order valence-corrected chi connectivity index (χ4v) is 2.24. The van der Waals surface area contributed by atoms with Crippen LogP contribution in [0.5, 0.6) is 5.75 Å². The second kappa shape index (κ2) is 4.23. The van der Waals surface area contributed by atoms with Gasteiger partial charge >= 0.3 is 0 Å². The molecule has 0 spiro atoms. The highest BCUT2D eigenvalue weighted by atomic mass is 16.3. The summed E-state index contributed by atoms with van der Waals surface area (Å²) in [7, 11) is 0. The zero-order valence-corrected chi connectivity index (χ0v) is 9.46. The molecule has 1 aliphatic carbocycles. The smallest absolute Gasteiger partial charge is 0.115 e. The molecule has 1 aromatic rings. The molecule has 1 unspecified atom stereocenters. The highest BCUT2D eigenvalue weighted by Crippen LogP contribution is 2.29. The largest absolute Gasteiger partial charge is 0.508 e. The van der Waals surface area contributed by atoms with Crippen LogP contribution in [-0.4, -0.2) is 17.7 Å². The number of hydrogen-bond donors (Lipinski definition) is 2. The Bertz CT molecular complexity index is 346. The highest BCUT2D eigenvalue weighted by Gasteiger charge is 2.21. The molecule has 2 rings (SSSR count). The van der Waals surface area contributed by atoms with E-state index in [1.807, 2.05) is 6.07 Å². The van der Waals surface area contributed by atoms with Crippen LogP contribution in [-0.2, 0) is 12.8 Å². The van der Waals surface area contributed by atoms with Gasteiger partial charge < -0.3 is 10.4 Å². The number of hydrogen-bond acceptors (Lipinski definition) is 2. The van der Waals surface area contributed by atoms with E-state index in [1.54, 1.807) is 6.07 Å². The van der Waals surface area contributed by atoms with Gasteiger partial charge in [0.25, 0.3) is 0 Å².